The number of nitrogens with zero attached hydrogens (tertiary/aromatic N) is 2. The maximum Gasteiger partial charge on any atom is 0.330 e. The van der Waals surface area contributed by atoms with Crippen molar-refractivity contribution in [1.82, 2.24) is 9.55 Å². The molecule has 1 aliphatic heterocycles. The second-order valence-electron chi connectivity index (χ2n) is 8.18. The molecular formula is C22H32N4O3. The van der Waals surface area contributed by atoms with Crippen molar-refractivity contribution in [2.75, 3.05) is 30.3 Å². The van der Waals surface area contributed by atoms with Crippen LogP contribution in [0, 0.1) is 5.92 Å². The smallest absolute Gasteiger partial charge is 0.330 e. The maximum atomic E-state index is 12.8. The van der Waals surface area contributed by atoms with E-state index in [0.29, 0.717) is 31.2 Å². The predicted octanol–water partition coefficient (Wildman–Crippen LogP) is 2.59. The molecule has 0 radical (unpaired) electrons. The molecule has 0 amide bonds. The van der Waals surface area contributed by atoms with Crippen molar-refractivity contribution in [1.29, 1.82) is 0 Å². The molecule has 1 fully saturated rings. The van der Waals surface area contributed by atoms with Gasteiger partial charge in [0.15, 0.2) is 0 Å². The van der Waals surface area contributed by atoms with Gasteiger partial charge in [-0.1, -0.05) is 44.2 Å². The van der Waals surface area contributed by atoms with Crippen molar-refractivity contribution in [3.63, 3.8) is 0 Å². The van der Waals surface area contributed by atoms with Crippen LogP contribution in [0.2, 0.25) is 0 Å². The highest BCUT2D eigenvalue weighted by Crippen LogP contribution is 2.22. The SMILES string of the molecule is CC(C)CCN(CC1CCCCO1)c1c(N)n(Cc2ccccc2)c(=O)[nH]c1=O. The van der Waals surface area contributed by atoms with Crippen LogP contribution in [0.15, 0.2) is 39.9 Å². The summed E-state index contributed by atoms with van der Waals surface area (Å²) < 4.78 is 7.34. The first-order valence-corrected chi connectivity index (χ1v) is 10.5. The molecule has 1 aromatic carbocycles. The van der Waals surface area contributed by atoms with Crippen LogP contribution in [0.4, 0.5) is 11.5 Å². The van der Waals surface area contributed by atoms with Gasteiger partial charge in [0, 0.05) is 19.7 Å². The number of aromatic nitrogens is 2. The van der Waals surface area contributed by atoms with E-state index < -0.39 is 11.2 Å². The van der Waals surface area contributed by atoms with Crippen LogP contribution in [-0.4, -0.2) is 35.4 Å². The Morgan fingerprint density at radius 2 is 2.00 bits per heavy atom. The molecule has 2 aromatic rings. The molecule has 1 atom stereocenters. The van der Waals surface area contributed by atoms with Gasteiger partial charge < -0.3 is 15.4 Å². The molecule has 3 rings (SSSR count). The number of nitrogen functional groups attached to an aromatic ring is 1. The summed E-state index contributed by atoms with van der Waals surface area (Å²) in [6, 6.07) is 9.62. The largest absolute Gasteiger partial charge is 0.383 e. The summed E-state index contributed by atoms with van der Waals surface area (Å²) in [5.41, 5.74) is 6.80. The monoisotopic (exact) mass is 400 g/mol. The fourth-order valence-electron chi connectivity index (χ4n) is 3.71. The molecule has 0 aliphatic carbocycles. The Bertz CT molecular complexity index is 899. The third-order valence-electron chi connectivity index (χ3n) is 5.39. The van der Waals surface area contributed by atoms with Crippen LogP contribution < -0.4 is 21.9 Å². The van der Waals surface area contributed by atoms with Gasteiger partial charge in [-0.3, -0.25) is 14.3 Å². The number of hydrogen-bond acceptors (Lipinski definition) is 5. The molecule has 0 spiro atoms. The Morgan fingerprint density at radius 1 is 1.24 bits per heavy atom. The number of nitrogens with two attached hydrogens (primary N) is 1. The number of hydrogen-bond donors (Lipinski definition) is 2. The normalized spacial score (nSPS) is 16.9. The zero-order valence-electron chi connectivity index (χ0n) is 17.4. The van der Waals surface area contributed by atoms with Gasteiger partial charge in [0.25, 0.3) is 5.56 Å². The van der Waals surface area contributed by atoms with Crippen LogP contribution in [0.25, 0.3) is 0 Å². The first kappa shape index (κ1) is 21.2. The average molecular weight is 401 g/mol. The average Bonchev–Trinajstić information content (AvgIpc) is 2.70. The fourth-order valence-corrected chi connectivity index (χ4v) is 3.71. The van der Waals surface area contributed by atoms with E-state index in [2.05, 4.69) is 18.8 Å². The minimum absolute atomic E-state index is 0.0733. The summed E-state index contributed by atoms with van der Waals surface area (Å²) in [7, 11) is 0. The second kappa shape index (κ2) is 9.78. The zero-order valence-corrected chi connectivity index (χ0v) is 17.4. The summed E-state index contributed by atoms with van der Waals surface area (Å²) in [5, 5.41) is 0. The van der Waals surface area contributed by atoms with Crippen molar-refractivity contribution in [2.24, 2.45) is 5.92 Å². The highest BCUT2D eigenvalue weighted by Gasteiger charge is 2.24. The molecule has 0 bridgehead atoms. The number of nitrogens with one attached hydrogen (secondary N) is 1. The van der Waals surface area contributed by atoms with Gasteiger partial charge in [0.2, 0.25) is 0 Å². The van der Waals surface area contributed by atoms with E-state index in [1.807, 2.05) is 35.2 Å². The highest BCUT2D eigenvalue weighted by molar-refractivity contribution is 5.62. The Balaban J connectivity index is 1.95. The van der Waals surface area contributed by atoms with E-state index in [-0.39, 0.29) is 11.9 Å². The lowest BCUT2D eigenvalue weighted by molar-refractivity contribution is 0.0209. The number of aromatic amines is 1. The lowest BCUT2D eigenvalue weighted by Crippen LogP contribution is -2.43. The standard InChI is InChI=1S/C22H32N4O3/c1-16(2)11-12-25(15-18-10-6-7-13-29-18)19-20(23)26(22(28)24-21(19)27)14-17-8-4-3-5-9-17/h3-5,8-9,16,18H,6-7,10-15,23H2,1-2H3,(H,24,27,28). The van der Waals surface area contributed by atoms with Gasteiger partial charge in [0.1, 0.15) is 11.5 Å². The van der Waals surface area contributed by atoms with Crippen molar-refractivity contribution >= 4 is 11.5 Å². The van der Waals surface area contributed by atoms with Gasteiger partial charge in [0.05, 0.1) is 12.6 Å². The molecule has 7 heteroatoms. The highest BCUT2D eigenvalue weighted by atomic mass is 16.5. The van der Waals surface area contributed by atoms with Crippen LogP contribution in [0.3, 0.4) is 0 Å². The van der Waals surface area contributed by atoms with Crippen molar-refractivity contribution in [3.05, 3.63) is 56.7 Å². The van der Waals surface area contributed by atoms with E-state index >= 15 is 0 Å². The second-order valence-corrected chi connectivity index (χ2v) is 8.18. The molecule has 3 N–H and O–H groups in total. The van der Waals surface area contributed by atoms with Gasteiger partial charge >= 0.3 is 5.69 Å². The Morgan fingerprint density at radius 3 is 2.66 bits per heavy atom. The first-order chi connectivity index (χ1) is 14.0. The molecule has 0 saturated carbocycles. The lowest BCUT2D eigenvalue weighted by Gasteiger charge is -2.32. The first-order valence-electron chi connectivity index (χ1n) is 10.5. The summed E-state index contributed by atoms with van der Waals surface area (Å²) in [4.78, 5) is 29.7. The molecule has 1 aromatic heterocycles. The van der Waals surface area contributed by atoms with Crippen molar-refractivity contribution in [2.45, 2.75) is 52.2 Å². The van der Waals surface area contributed by atoms with Gasteiger partial charge in [-0.05, 0) is 37.2 Å². The molecule has 158 valence electrons. The predicted molar refractivity (Wildman–Crippen MR) is 117 cm³/mol. The summed E-state index contributed by atoms with van der Waals surface area (Å²) in [5.74, 6) is 0.697. The molecule has 2 heterocycles. The van der Waals surface area contributed by atoms with E-state index in [4.69, 9.17) is 10.5 Å². The maximum absolute atomic E-state index is 12.8. The Labute approximate surface area is 171 Å². The minimum Gasteiger partial charge on any atom is -0.383 e. The van der Waals surface area contributed by atoms with E-state index in [1.165, 1.54) is 4.57 Å². The number of ether oxygens (including phenoxy) is 1. The summed E-state index contributed by atoms with van der Waals surface area (Å²) in [6.07, 6.45) is 4.17. The minimum atomic E-state index is -0.488. The topological polar surface area (TPSA) is 93.3 Å². The number of H-pyrrole nitrogens is 1. The molecule has 1 saturated heterocycles. The van der Waals surface area contributed by atoms with Crippen LogP contribution >= 0.6 is 0 Å². The number of benzene rings is 1. The van der Waals surface area contributed by atoms with Gasteiger partial charge in [-0.25, -0.2) is 4.79 Å². The van der Waals surface area contributed by atoms with Crippen molar-refractivity contribution < 1.29 is 4.74 Å². The van der Waals surface area contributed by atoms with Crippen molar-refractivity contribution in [3.8, 4) is 0 Å². The Hall–Kier alpha value is -2.54. The number of rotatable bonds is 8. The summed E-state index contributed by atoms with van der Waals surface area (Å²) >= 11 is 0. The molecular weight excluding hydrogens is 368 g/mol. The summed E-state index contributed by atoms with van der Waals surface area (Å²) in [6.45, 7) is 6.66. The van der Waals surface area contributed by atoms with Crippen LogP contribution in [0.5, 0.6) is 0 Å². The quantitative estimate of drug-likeness (QED) is 0.710. The van der Waals surface area contributed by atoms with E-state index in [9.17, 15) is 9.59 Å². The van der Waals surface area contributed by atoms with Gasteiger partial charge in [-0.15, -0.1) is 0 Å². The van der Waals surface area contributed by atoms with Gasteiger partial charge in [-0.2, -0.15) is 0 Å². The fraction of sp³-hybridized carbons (Fsp3) is 0.545. The van der Waals surface area contributed by atoms with Crippen LogP contribution in [-0.2, 0) is 11.3 Å². The number of anilines is 2. The zero-order chi connectivity index (χ0) is 20.8. The molecule has 29 heavy (non-hydrogen) atoms. The van der Waals surface area contributed by atoms with E-state index in [0.717, 1.165) is 37.9 Å². The third-order valence-corrected chi connectivity index (χ3v) is 5.39. The molecule has 7 nitrogen and oxygen atoms in total. The lowest BCUT2D eigenvalue weighted by atomic mass is 10.1. The van der Waals surface area contributed by atoms with E-state index in [1.54, 1.807) is 0 Å². The Kier molecular flexibility index (Phi) is 7.14. The molecule has 1 unspecified atom stereocenters. The van der Waals surface area contributed by atoms with Crippen LogP contribution in [0.1, 0.15) is 45.1 Å². The third kappa shape index (κ3) is 5.50. The molecule has 1 aliphatic rings.